The molecule has 1 fully saturated rings. The second-order valence-corrected chi connectivity index (χ2v) is 6.91. The van der Waals surface area contributed by atoms with E-state index in [1.165, 1.54) is 5.56 Å². The Morgan fingerprint density at radius 2 is 1.89 bits per heavy atom. The predicted octanol–water partition coefficient (Wildman–Crippen LogP) is 2.42. The normalized spacial score (nSPS) is 17.5. The van der Waals surface area contributed by atoms with Crippen LogP contribution in [0.1, 0.15) is 15.9 Å². The summed E-state index contributed by atoms with van der Waals surface area (Å²) in [4.78, 5) is 26.9. The van der Waals surface area contributed by atoms with Crippen LogP contribution in [0.2, 0.25) is 0 Å². The smallest absolute Gasteiger partial charge is 0.349 e. The summed E-state index contributed by atoms with van der Waals surface area (Å²) in [7, 11) is 0. The maximum Gasteiger partial charge on any atom is 0.349 e. The van der Waals surface area contributed by atoms with Gasteiger partial charge in [-0.15, -0.1) is 0 Å². The fourth-order valence-corrected chi connectivity index (χ4v) is 3.41. The Hall–Kier alpha value is -2.96. The number of carbonyl (C=O) groups is 1. The van der Waals surface area contributed by atoms with E-state index in [0.29, 0.717) is 18.7 Å². The molecule has 0 aliphatic carbocycles. The van der Waals surface area contributed by atoms with Crippen molar-refractivity contribution >= 4 is 16.9 Å². The van der Waals surface area contributed by atoms with Gasteiger partial charge in [0, 0.05) is 31.6 Å². The van der Waals surface area contributed by atoms with Crippen LogP contribution >= 0.6 is 0 Å². The molecule has 144 valence electrons. The summed E-state index contributed by atoms with van der Waals surface area (Å²) in [6.07, 6.45) is -0.117. The molecular weight excluding hydrogens is 356 g/mol. The standard InChI is InChI=1S/C22H22N2O4/c25-21(19-12-17-8-4-5-9-20(17)28-22(19)26)23-13-18-15-24(10-11-27-18)14-16-6-2-1-3-7-16/h1-9,12,18H,10-11,13-15H2,(H,23,25). The number of benzene rings is 2. The molecule has 2 heterocycles. The Morgan fingerprint density at radius 1 is 1.11 bits per heavy atom. The first-order valence-corrected chi connectivity index (χ1v) is 9.38. The predicted molar refractivity (Wildman–Crippen MR) is 106 cm³/mol. The van der Waals surface area contributed by atoms with Gasteiger partial charge in [-0.3, -0.25) is 9.69 Å². The van der Waals surface area contributed by atoms with E-state index < -0.39 is 11.5 Å². The molecule has 1 amide bonds. The number of hydrogen-bond donors (Lipinski definition) is 1. The molecule has 28 heavy (non-hydrogen) atoms. The topological polar surface area (TPSA) is 71.8 Å². The second-order valence-electron chi connectivity index (χ2n) is 6.91. The number of nitrogens with zero attached hydrogens (tertiary/aromatic N) is 1. The van der Waals surface area contributed by atoms with E-state index in [0.717, 1.165) is 25.0 Å². The monoisotopic (exact) mass is 378 g/mol. The number of ether oxygens (including phenoxy) is 1. The highest BCUT2D eigenvalue weighted by atomic mass is 16.5. The lowest BCUT2D eigenvalue weighted by Crippen LogP contribution is -2.47. The molecule has 1 N–H and O–H groups in total. The Bertz CT molecular complexity index is 1020. The van der Waals surface area contributed by atoms with E-state index in [1.54, 1.807) is 24.3 Å². The van der Waals surface area contributed by atoms with Crippen molar-refractivity contribution in [3.63, 3.8) is 0 Å². The third-order valence-electron chi connectivity index (χ3n) is 4.85. The minimum Gasteiger partial charge on any atom is -0.422 e. The first kappa shape index (κ1) is 18.4. The average molecular weight is 378 g/mol. The first-order valence-electron chi connectivity index (χ1n) is 9.38. The van der Waals surface area contributed by atoms with Gasteiger partial charge in [-0.1, -0.05) is 48.5 Å². The molecule has 1 unspecified atom stereocenters. The van der Waals surface area contributed by atoms with Crippen LogP contribution in [-0.4, -0.2) is 43.2 Å². The zero-order chi connectivity index (χ0) is 19.3. The van der Waals surface area contributed by atoms with Gasteiger partial charge in [-0.25, -0.2) is 4.79 Å². The Morgan fingerprint density at radius 3 is 2.75 bits per heavy atom. The molecule has 0 radical (unpaired) electrons. The molecular formula is C22H22N2O4. The van der Waals surface area contributed by atoms with E-state index >= 15 is 0 Å². The first-order chi connectivity index (χ1) is 13.7. The van der Waals surface area contributed by atoms with Crippen molar-refractivity contribution in [2.45, 2.75) is 12.6 Å². The van der Waals surface area contributed by atoms with Gasteiger partial charge in [-0.05, 0) is 17.7 Å². The summed E-state index contributed by atoms with van der Waals surface area (Å²) in [5.41, 5.74) is 1.10. The van der Waals surface area contributed by atoms with Crippen LogP contribution in [0, 0.1) is 0 Å². The van der Waals surface area contributed by atoms with Gasteiger partial charge < -0.3 is 14.5 Å². The highest BCUT2D eigenvalue weighted by Crippen LogP contribution is 2.13. The molecule has 0 saturated carbocycles. The summed E-state index contributed by atoms with van der Waals surface area (Å²) >= 11 is 0. The molecule has 6 nitrogen and oxygen atoms in total. The van der Waals surface area contributed by atoms with Crippen LogP contribution in [-0.2, 0) is 11.3 Å². The third kappa shape index (κ3) is 4.30. The van der Waals surface area contributed by atoms with Crippen LogP contribution in [0.25, 0.3) is 11.0 Å². The van der Waals surface area contributed by atoms with Crippen LogP contribution in [0.4, 0.5) is 0 Å². The van der Waals surface area contributed by atoms with E-state index in [1.807, 2.05) is 24.3 Å². The fraction of sp³-hybridized carbons (Fsp3) is 0.273. The van der Waals surface area contributed by atoms with Crippen molar-refractivity contribution in [1.82, 2.24) is 10.2 Å². The lowest BCUT2D eigenvalue weighted by atomic mass is 10.1. The van der Waals surface area contributed by atoms with Crippen molar-refractivity contribution < 1.29 is 13.9 Å². The van der Waals surface area contributed by atoms with Crippen LogP contribution in [0.5, 0.6) is 0 Å². The van der Waals surface area contributed by atoms with Crippen molar-refractivity contribution in [2.75, 3.05) is 26.2 Å². The Balaban J connectivity index is 1.37. The van der Waals surface area contributed by atoms with Gasteiger partial charge in [0.1, 0.15) is 11.1 Å². The minimum absolute atomic E-state index is 0.00986. The molecule has 0 spiro atoms. The maximum atomic E-state index is 12.5. The van der Waals surface area contributed by atoms with Crippen molar-refractivity contribution in [1.29, 1.82) is 0 Å². The number of rotatable bonds is 5. The van der Waals surface area contributed by atoms with Gasteiger partial charge in [0.2, 0.25) is 0 Å². The molecule has 1 aromatic heterocycles. The lowest BCUT2D eigenvalue weighted by molar-refractivity contribution is -0.0292. The molecule has 1 aliphatic heterocycles. The van der Waals surface area contributed by atoms with Gasteiger partial charge in [0.15, 0.2) is 0 Å². The molecule has 4 rings (SSSR count). The summed E-state index contributed by atoms with van der Waals surface area (Å²) in [5.74, 6) is -0.441. The van der Waals surface area contributed by atoms with E-state index in [2.05, 4.69) is 22.3 Å². The summed E-state index contributed by atoms with van der Waals surface area (Å²) in [5, 5.41) is 3.53. The van der Waals surface area contributed by atoms with Crippen LogP contribution in [0.3, 0.4) is 0 Å². The number of amides is 1. The van der Waals surface area contributed by atoms with Crippen molar-refractivity contribution in [2.24, 2.45) is 0 Å². The maximum absolute atomic E-state index is 12.5. The largest absolute Gasteiger partial charge is 0.422 e. The van der Waals surface area contributed by atoms with E-state index in [9.17, 15) is 9.59 Å². The summed E-state index contributed by atoms with van der Waals surface area (Å²) in [6.45, 7) is 3.39. The minimum atomic E-state index is -0.633. The summed E-state index contributed by atoms with van der Waals surface area (Å²) < 4.78 is 11.0. The van der Waals surface area contributed by atoms with Crippen molar-refractivity contribution in [3.05, 3.63) is 82.2 Å². The van der Waals surface area contributed by atoms with Gasteiger partial charge in [-0.2, -0.15) is 0 Å². The third-order valence-corrected chi connectivity index (χ3v) is 4.85. The zero-order valence-electron chi connectivity index (χ0n) is 15.5. The van der Waals surface area contributed by atoms with E-state index in [4.69, 9.17) is 9.15 Å². The lowest BCUT2D eigenvalue weighted by Gasteiger charge is -2.33. The molecule has 0 bridgehead atoms. The highest BCUT2D eigenvalue weighted by Gasteiger charge is 2.22. The Kier molecular flexibility index (Phi) is 5.50. The van der Waals surface area contributed by atoms with Crippen LogP contribution < -0.4 is 10.9 Å². The van der Waals surface area contributed by atoms with Crippen molar-refractivity contribution in [3.8, 4) is 0 Å². The molecule has 1 aliphatic rings. The SMILES string of the molecule is O=C(NCC1CN(Cc2ccccc2)CCO1)c1cc2ccccc2oc1=O. The number of para-hydroxylation sites is 1. The quantitative estimate of drug-likeness (QED) is 0.691. The molecule has 2 aromatic carbocycles. The second kappa shape index (κ2) is 8.37. The van der Waals surface area contributed by atoms with Crippen LogP contribution in [0.15, 0.2) is 69.9 Å². The molecule has 1 saturated heterocycles. The highest BCUT2D eigenvalue weighted by molar-refractivity contribution is 5.96. The number of fused-ring (bicyclic) bond motifs is 1. The number of nitrogens with one attached hydrogen (secondary N) is 1. The molecule has 6 heteroatoms. The van der Waals surface area contributed by atoms with E-state index in [-0.39, 0.29) is 11.7 Å². The average Bonchev–Trinajstić information content (AvgIpc) is 2.72. The zero-order valence-corrected chi connectivity index (χ0v) is 15.5. The number of hydrogen-bond acceptors (Lipinski definition) is 5. The number of morpholine rings is 1. The number of carbonyl (C=O) groups excluding carboxylic acids is 1. The summed E-state index contributed by atoms with van der Waals surface area (Å²) in [6, 6.07) is 19.0. The fourth-order valence-electron chi connectivity index (χ4n) is 3.41. The molecule has 3 aromatic rings. The Labute approximate surface area is 162 Å². The van der Waals surface area contributed by atoms with Gasteiger partial charge in [0.25, 0.3) is 5.91 Å². The molecule has 1 atom stereocenters. The van der Waals surface area contributed by atoms with Gasteiger partial charge >= 0.3 is 5.63 Å². The van der Waals surface area contributed by atoms with Gasteiger partial charge in [0.05, 0.1) is 12.7 Å².